The average Bonchev–Trinajstić information content (AvgIpc) is 3.42. The van der Waals surface area contributed by atoms with E-state index in [0.717, 1.165) is 21.9 Å². The normalized spacial score (nSPS) is 22.9. The van der Waals surface area contributed by atoms with Gasteiger partial charge < -0.3 is 18.8 Å². The van der Waals surface area contributed by atoms with Crippen LogP contribution < -0.4 is 59.1 Å². The minimum absolute atomic E-state index is 0. The van der Waals surface area contributed by atoms with Crippen LogP contribution >= 0.6 is 0 Å². The van der Waals surface area contributed by atoms with Crippen LogP contribution in [0.2, 0.25) is 0 Å². The molecule has 4 aromatic rings. The number of rotatable bonds is 9. The average molecular weight is 618 g/mol. The van der Waals surface area contributed by atoms with Crippen LogP contribution in [0.4, 0.5) is 0 Å². The summed E-state index contributed by atoms with van der Waals surface area (Å²) >= 11 is 0. The molecule has 0 amide bonds. The minimum Gasteiger partial charge on any atom is -0.726 e. The van der Waals surface area contributed by atoms with Gasteiger partial charge in [-0.1, -0.05) is 72.8 Å². The number of aromatic nitrogens is 1. The molecule has 206 valence electrons. The van der Waals surface area contributed by atoms with Gasteiger partial charge >= 0.3 is 59.1 Å². The van der Waals surface area contributed by atoms with Crippen molar-refractivity contribution in [1.82, 2.24) is 4.98 Å². The van der Waals surface area contributed by atoms with Crippen LogP contribution in [0.3, 0.4) is 0 Å². The van der Waals surface area contributed by atoms with Gasteiger partial charge in [0.2, 0.25) is 20.8 Å². The van der Waals surface area contributed by atoms with Crippen molar-refractivity contribution in [3.63, 3.8) is 0 Å². The van der Waals surface area contributed by atoms with E-state index in [0.29, 0.717) is 5.56 Å². The number of H-pyrrole nitrogens is 1. The third-order valence-corrected chi connectivity index (χ3v) is 7.88. The summed E-state index contributed by atoms with van der Waals surface area (Å²) in [7, 11) is -10.7. The second-order valence-corrected chi connectivity index (χ2v) is 11.4. The van der Waals surface area contributed by atoms with E-state index in [2.05, 4.69) is 4.98 Å². The Morgan fingerprint density at radius 1 is 0.732 bits per heavy atom. The van der Waals surface area contributed by atoms with Crippen LogP contribution in [-0.2, 0) is 40.5 Å². The summed E-state index contributed by atoms with van der Waals surface area (Å²) in [4.78, 5) is 2.96. The zero-order chi connectivity index (χ0) is 27.6. The van der Waals surface area contributed by atoms with E-state index in [4.69, 9.17) is 13.1 Å². The van der Waals surface area contributed by atoms with Crippen molar-refractivity contribution >= 4 is 31.6 Å². The van der Waals surface area contributed by atoms with Gasteiger partial charge in [0.25, 0.3) is 0 Å². The quantitative estimate of drug-likeness (QED) is 0.124. The van der Waals surface area contributed by atoms with Crippen molar-refractivity contribution in [2.24, 2.45) is 0 Å². The predicted molar refractivity (Wildman–Crippen MR) is 139 cm³/mol. The van der Waals surface area contributed by atoms with Gasteiger partial charge in [-0.3, -0.25) is 8.37 Å². The fourth-order valence-electron chi connectivity index (χ4n) is 5.44. The van der Waals surface area contributed by atoms with Gasteiger partial charge in [0.15, 0.2) is 0 Å². The monoisotopic (exact) mass is 617 g/mol. The standard InChI is InChI=1S/C27H27NO9S2.2Na/c29-38(30,31)36-26-24(22-12-6-10-19-9-4-5-11-21(19)22)15-23(20-13-14-28-16-20)25(27(26)37-39(32,33)34)35-17-18-7-2-1-3-8-18;;/h1-14,16,23-28H,15,17H2,(H,29,30,31)(H,32,33,34);;/q;2*+1/p-2/t23-,24+,25-,26-,27+;;/m1../s1. The molecule has 14 heteroatoms. The van der Waals surface area contributed by atoms with Crippen molar-refractivity contribution in [2.45, 2.75) is 43.2 Å². The Balaban J connectivity index is 0.00000231. The zero-order valence-electron chi connectivity index (χ0n) is 22.5. The first kappa shape index (κ1) is 34.4. The predicted octanol–water partition coefficient (Wildman–Crippen LogP) is -2.28. The van der Waals surface area contributed by atoms with E-state index in [1.54, 1.807) is 60.9 Å². The van der Waals surface area contributed by atoms with Crippen molar-refractivity contribution < 1.29 is 98.2 Å². The molecule has 0 saturated heterocycles. The van der Waals surface area contributed by atoms with E-state index in [-0.39, 0.29) is 72.1 Å². The molecule has 41 heavy (non-hydrogen) atoms. The third kappa shape index (κ3) is 8.73. The van der Waals surface area contributed by atoms with E-state index in [9.17, 15) is 25.9 Å². The summed E-state index contributed by atoms with van der Waals surface area (Å²) in [5.74, 6) is -1.42. The van der Waals surface area contributed by atoms with Gasteiger partial charge in [0, 0.05) is 24.2 Å². The second kappa shape index (κ2) is 14.6. The number of ether oxygens (including phenoxy) is 1. The van der Waals surface area contributed by atoms with Crippen molar-refractivity contribution in [3.8, 4) is 0 Å². The van der Waals surface area contributed by atoms with Crippen molar-refractivity contribution in [1.29, 1.82) is 0 Å². The molecule has 1 saturated carbocycles. The molecule has 1 aromatic heterocycles. The van der Waals surface area contributed by atoms with Crippen LogP contribution in [0, 0.1) is 0 Å². The Kier molecular flexibility index (Phi) is 12.2. The fraction of sp³-hybridized carbons (Fsp3) is 0.259. The first-order valence-corrected chi connectivity index (χ1v) is 14.8. The summed E-state index contributed by atoms with van der Waals surface area (Å²) < 4.78 is 87.8. The molecule has 1 N–H and O–H groups in total. The summed E-state index contributed by atoms with van der Waals surface area (Å²) in [6.07, 6.45) is -0.998. The van der Waals surface area contributed by atoms with Crippen LogP contribution in [0.25, 0.3) is 10.8 Å². The Morgan fingerprint density at radius 3 is 2.02 bits per heavy atom. The molecule has 0 radical (unpaired) electrons. The summed E-state index contributed by atoms with van der Waals surface area (Å²) in [6.45, 7) is 0.000966. The van der Waals surface area contributed by atoms with Gasteiger partial charge in [-0.05, 0) is 39.9 Å². The number of hydrogen-bond donors (Lipinski definition) is 1. The number of fused-ring (bicyclic) bond motifs is 1. The Morgan fingerprint density at radius 2 is 1.37 bits per heavy atom. The Bertz CT molecular complexity index is 1630. The minimum atomic E-state index is -5.38. The van der Waals surface area contributed by atoms with Crippen LogP contribution in [0.5, 0.6) is 0 Å². The molecule has 0 unspecified atom stereocenters. The summed E-state index contributed by atoms with van der Waals surface area (Å²) in [6, 6.07) is 23.5. The van der Waals surface area contributed by atoms with Gasteiger partial charge in [-0.25, -0.2) is 16.8 Å². The van der Waals surface area contributed by atoms with E-state index >= 15 is 0 Å². The molecule has 1 aliphatic carbocycles. The first-order valence-electron chi connectivity index (χ1n) is 12.1. The Hall–Kier alpha value is -1.10. The summed E-state index contributed by atoms with van der Waals surface area (Å²) in [5.41, 5.74) is 2.08. The van der Waals surface area contributed by atoms with E-state index in [1.165, 1.54) is 0 Å². The number of benzene rings is 3. The zero-order valence-corrected chi connectivity index (χ0v) is 28.1. The first-order chi connectivity index (χ1) is 18.6. The molecular formula is C27H25NNa2O9S2. The van der Waals surface area contributed by atoms with Crippen LogP contribution in [0.15, 0.2) is 91.3 Å². The molecule has 5 rings (SSSR count). The van der Waals surface area contributed by atoms with Crippen LogP contribution in [-0.4, -0.2) is 49.2 Å². The van der Waals surface area contributed by atoms with E-state index in [1.807, 2.05) is 30.3 Å². The molecule has 3 aromatic carbocycles. The maximum absolute atomic E-state index is 12.0. The molecule has 1 aliphatic rings. The molecule has 10 nitrogen and oxygen atoms in total. The fourth-order valence-corrected chi connectivity index (χ4v) is 6.45. The smallest absolute Gasteiger partial charge is 0.726 e. The second-order valence-electron chi connectivity index (χ2n) is 9.36. The third-order valence-electron chi connectivity index (χ3n) is 6.96. The van der Waals surface area contributed by atoms with E-state index < -0.39 is 50.9 Å². The maximum atomic E-state index is 12.0. The molecule has 0 spiro atoms. The largest absolute Gasteiger partial charge is 1.00 e. The maximum Gasteiger partial charge on any atom is 1.00 e. The van der Waals surface area contributed by atoms with Crippen molar-refractivity contribution in [2.75, 3.05) is 0 Å². The number of aromatic amines is 1. The number of nitrogens with one attached hydrogen (secondary N) is 1. The SMILES string of the molecule is O=S(=O)([O-])O[C@H]1[C@H](OCc2ccccc2)[C@@H](c2cc[nH]c2)C[C@@H](c2cccc3ccccc23)[C@H]1OS(=O)(=O)[O-].[Na+].[Na+]. The topological polar surface area (TPSA) is 158 Å². The summed E-state index contributed by atoms with van der Waals surface area (Å²) in [5, 5.41) is 1.59. The molecule has 5 atom stereocenters. The molecule has 1 heterocycles. The molecule has 0 aliphatic heterocycles. The number of hydrogen-bond acceptors (Lipinski definition) is 9. The Labute approximate surface area is 283 Å². The van der Waals surface area contributed by atoms with Gasteiger partial charge in [0.05, 0.1) is 12.7 Å². The van der Waals surface area contributed by atoms with Crippen LogP contribution in [0.1, 0.15) is 34.9 Å². The van der Waals surface area contributed by atoms with Gasteiger partial charge in [-0.2, -0.15) is 0 Å². The van der Waals surface area contributed by atoms with Gasteiger partial charge in [-0.15, -0.1) is 0 Å². The van der Waals surface area contributed by atoms with Crippen molar-refractivity contribution in [3.05, 3.63) is 108 Å². The molecular weight excluding hydrogens is 592 g/mol. The molecule has 0 bridgehead atoms. The van der Waals surface area contributed by atoms with Gasteiger partial charge in [0.1, 0.15) is 12.2 Å². The molecule has 1 fully saturated rings.